The standard InChI is InChI=1S/C16H15F3N2O5S/c1-20(10-11-3-5-12(6-4-11)16(17,18)19)27(24,25)15-8-7-13(21(22)23)9-14(15)26-2/h3-9H,10H2,1-2H3. The average molecular weight is 404 g/mol. The van der Waals surface area contributed by atoms with E-state index in [0.29, 0.717) is 5.56 Å². The summed E-state index contributed by atoms with van der Waals surface area (Å²) in [6.45, 7) is -0.194. The van der Waals surface area contributed by atoms with E-state index in [0.717, 1.165) is 34.6 Å². The number of methoxy groups -OCH3 is 1. The lowest BCUT2D eigenvalue weighted by molar-refractivity contribution is -0.385. The molecule has 11 heteroatoms. The van der Waals surface area contributed by atoms with Crippen molar-refractivity contribution in [1.29, 1.82) is 0 Å². The summed E-state index contributed by atoms with van der Waals surface area (Å²) in [5.41, 5.74) is -0.833. The molecule has 2 aromatic carbocycles. The molecule has 0 atom stereocenters. The Hall–Kier alpha value is -2.66. The van der Waals surface area contributed by atoms with Crippen LogP contribution in [0.15, 0.2) is 47.4 Å². The van der Waals surface area contributed by atoms with Crippen LogP contribution in [0.25, 0.3) is 0 Å². The number of halogens is 3. The first-order valence-corrected chi connectivity index (χ1v) is 8.85. The van der Waals surface area contributed by atoms with Crippen molar-refractivity contribution < 1.29 is 31.2 Å². The number of non-ortho nitro benzene ring substituents is 1. The summed E-state index contributed by atoms with van der Waals surface area (Å²) in [4.78, 5) is 9.84. The van der Waals surface area contributed by atoms with E-state index in [4.69, 9.17) is 4.74 Å². The van der Waals surface area contributed by atoms with Crippen LogP contribution in [0.1, 0.15) is 11.1 Å². The number of nitro groups is 1. The van der Waals surface area contributed by atoms with Crippen molar-refractivity contribution in [3.05, 3.63) is 63.7 Å². The third kappa shape index (κ3) is 4.55. The van der Waals surface area contributed by atoms with E-state index in [1.807, 2.05) is 0 Å². The van der Waals surface area contributed by atoms with Gasteiger partial charge < -0.3 is 4.74 Å². The normalized spacial score (nSPS) is 12.2. The molecule has 146 valence electrons. The van der Waals surface area contributed by atoms with E-state index in [2.05, 4.69) is 0 Å². The van der Waals surface area contributed by atoms with Gasteiger partial charge in [0.15, 0.2) is 0 Å². The van der Waals surface area contributed by atoms with Gasteiger partial charge in [0.25, 0.3) is 5.69 Å². The summed E-state index contributed by atoms with van der Waals surface area (Å²) >= 11 is 0. The van der Waals surface area contributed by atoms with Gasteiger partial charge in [-0.3, -0.25) is 10.1 Å². The molecule has 0 saturated carbocycles. The van der Waals surface area contributed by atoms with Crippen molar-refractivity contribution in [2.24, 2.45) is 0 Å². The van der Waals surface area contributed by atoms with Gasteiger partial charge in [0, 0.05) is 19.7 Å². The molecule has 7 nitrogen and oxygen atoms in total. The minimum absolute atomic E-state index is 0.194. The van der Waals surface area contributed by atoms with Crippen LogP contribution in [0.3, 0.4) is 0 Å². The van der Waals surface area contributed by atoms with Gasteiger partial charge in [-0.05, 0) is 23.8 Å². The number of nitrogens with zero attached hydrogens (tertiary/aromatic N) is 2. The fourth-order valence-corrected chi connectivity index (χ4v) is 3.58. The van der Waals surface area contributed by atoms with Crippen LogP contribution in [0.2, 0.25) is 0 Å². The number of hydrogen-bond donors (Lipinski definition) is 0. The number of rotatable bonds is 6. The van der Waals surface area contributed by atoms with E-state index in [1.54, 1.807) is 0 Å². The lowest BCUT2D eigenvalue weighted by Crippen LogP contribution is -2.27. The fraction of sp³-hybridized carbons (Fsp3) is 0.250. The summed E-state index contributed by atoms with van der Waals surface area (Å²) in [6.07, 6.45) is -4.48. The molecule has 0 heterocycles. The number of benzene rings is 2. The van der Waals surface area contributed by atoms with Crippen molar-refractivity contribution in [1.82, 2.24) is 4.31 Å². The number of nitro benzene ring substituents is 1. The maximum Gasteiger partial charge on any atom is 0.416 e. The topological polar surface area (TPSA) is 89.7 Å². The van der Waals surface area contributed by atoms with Crippen LogP contribution in [-0.4, -0.2) is 31.8 Å². The Morgan fingerprint density at radius 1 is 1.15 bits per heavy atom. The molecule has 0 bridgehead atoms. The van der Waals surface area contributed by atoms with Gasteiger partial charge in [-0.25, -0.2) is 8.42 Å². The van der Waals surface area contributed by atoms with Gasteiger partial charge in [-0.1, -0.05) is 12.1 Å². The molecule has 0 radical (unpaired) electrons. The summed E-state index contributed by atoms with van der Waals surface area (Å²) < 4.78 is 69.1. The molecule has 0 saturated heterocycles. The van der Waals surface area contributed by atoms with Gasteiger partial charge >= 0.3 is 6.18 Å². The van der Waals surface area contributed by atoms with E-state index in [9.17, 15) is 31.7 Å². The summed E-state index contributed by atoms with van der Waals surface area (Å²) in [7, 11) is -1.68. The second-order valence-corrected chi connectivity index (χ2v) is 7.56. The molecule has 0 aromatic heterocycles. The van der Waals surface area contributed by atoms with Crippen LogP contribution in [0, 0.1) is 10.1 Å². The Kier molecular flexibility index (Phi) is 5.76. The summed E-state index contributed by atoms with van der Waals surface area (Å²) in [6, 6.07) is 7.16. The van der Waals surface area contributed by atoms with Crippen molar-refractivity contribution >= 4 is 15.7 Å². The predicted molar refractivity (Wildman–Crippen MR) is 89.7 cm³/mol. The first kappa shape index (κ1) is 20.6. The number of sulfonamides is 1. The van der Waals surface area contributed by atoms with Gasteiger partial charge in [0.1, 0.15) is 10.6 Å². The molecule has 0 amide bonds. The van der Waals surface area contributed by atoms with Crippen LogP contribution in [-0.2, 0) is 22.7 Å². The zero-order chi connectivity index (χ0) is 20.4. The van der Waals surface area contributed by atoms with Crippen molar-refractivity contribution in [3.63, 3.8) is 0 Å². The highest BCUT2D eigenvalue weighted by atomic mass is 32.2. The van der Waals surface area contributed by atoms with E-state index < -0.39 is 26.7 Å². The SMILES string of the molecule is COc1cc([N+](=O)[O-])ccc1S(=O)(=O)N(C)Cc1ccc(C(F)(F)F)cc1. The Labute approximate surface area is 153 Å². The molecule has 0 aliphatic heterocycles. The quantitative estimate of drug-likeness (QED) is 0.543. The third-order valence-electron chi connectivity index (χ3n) is 3.73. The maximum absolute atomic E-state index is 12.7. The predicted octanol–water partition coefficient (Wildman–Crippen LogP) is 3.44. The Morgan fingerprint density at radius 2 is 1.74 bits per heavy atom. The molecule has 0 aliphatic carbocycles. The average Bonchev–Trinajstić information content (AvgIpc) is 2.60. The minimum atomic E-state index is -4.48. The molecule has 0 fully saturated rings. The first-order chi connectivity index (χ1) is 12.5. The molecular weight excluding hydrogens is 389 g/mol. The van der Waals surface area contributed by atoms with Crippen LogP contribution in [0.5, 0.6) is 5.75 Å². The van der Waals surface area contributed by atoms with Crippen molar-refractivity contribution in [2.75, 3.05) is 14.2 Å². The van der Waals surface area contributed by atoms with Crippen molar-refractivity contribution in [3.8, 4) is 5.75 Å². The number of alkyl halides is 3. The summed E-state index contributed by atoms with van der Waals surface area (Å²) in [5.74, 6) is -0.205. The monoisotopic (exact) mass is 404 g/mol. The first-order valence-electron chi connectivity index (χ1n) is 7.41. The smallest absolute Gasteiger partial charge is 0.416 e. The number of hydrogen-bond acceptors (Lipinski definition) is 5. The fourth-order valence-electron chi connectivity index (χ4n) is 2.29. The molecule has 0 N–H and O–H groups in total. The molecule has 0 spiro atoms. The second kappa shape index (κ2) is 7.53. The van der Waals surface area contributed by atoms with E-state index in [1.165, 1.54) is 26.3 Å². The van der Waals surface area contributed by atoms with Crippen molar-refractivity contribution in [2.45, 2.75) is 17.6 Å². The Balaban J connectivity index is 2.30. The molecule has 2 rings (SSSR count). The van der Waals surface area contributed by atoms with Gasteiger partial charge in [-0.2, -0.15) is 17.5 Å². The maximum atomic E-state index is 12.7. The Bertz CT molecular complexity index is 944. The molecular formula is C16H15F3N2O5S. The van der Waals surface area contributed by atoms with Gasteiger partial charge in [-0.15, -0.1) is 0 Å². The summed E-state index contributed by atoms with van der Waals surface area (Å²) in [5, 5.41) is 10.8. The van der Waals surface area contributed by atoms with Gasteiger partial charge in [0.05, 0.1) is 23.7 Å². The highest BCUT2D eigenvalue weighted by Crippen LogP contribution is 2.32. The van der Waals surface area contributed by atoms with Crippen LogP contribution < -0.4 is 4.74 Å². The highest BCUT2D eigenvalue weighted by Gasteiger charge is 2.30. The number of ether oxygens (including phenoxy) is 1. The van der Waals surface area contributed by atoms with Crippen LogP contribution in [0.4, 0.5) is 18.9 Å². The molecule has 27 heavy (non-hydrogen) atoms. The van der Waals surface area contributed by atoms with E-state index in [-0.39, 0.29) is 22.9 Å². The largest absolute Gasteiger partial charge is 0.495 e. The van der Waals surface area contributed by atoms with Crippen LogP contribution >= 0.6 is 0 Å². The second-order valence-electron chi connectivity index (χ2n) is 5.55. The molecule has 0 aliphatic rings. The third-order valence-corrected chi connectivity index (χ3v) is 5.58. The lowest BCUT2D eigenvalue weighted by Gasteiger charge is -2.19. The zero-order valence-corrected chi connectivity index (χ0v) is 15.0. The minimum Gasteiger partial charge on any atom is -0.495 e. The lowest BCUT2D eigenvalue weighted by atomic mass is 10.1. The molecule has 0 unspecified atom stereocenters. The van der Waals surface area contributed by atoms with E-state index >= 15 is 0 Å². The zero-order valence-electron chi connectivity index (χ0n) is 14.2. The van der Waals surface area contributed by atoms with Gasteiger partial charge in [0.2, 0.25) is 10.0 Å². The molecule has 2 aromatic rings. The highest BCUT2D eigenvalue weighted by molar-refractivity contribution is 7.89. The Morgan fingerprint density at radius 3 is 2.22 bits per heavy atom.